The van der Waals surface area contributed by atoms with Gasteiger partial charge in [-0.2, -0.15) is 0 Å². The van der Waals surface area contributed by atoms with Crippen LogP contribution in [-0.4, -0.2) is 35.4 Å². The summed E-state index contributed by atoms with van der Waals surface area (Å²) in [7, 11) is 0. The topological polar surface area (TPSA) is 71.2 Å². The van der Waals surface area contributed by atoms with Crippen LogP contribution in [0.1, 0.15) is 25.7 Å². The lowest BCUT2D eigenvalue weighted by Crippen LogP contribution is -2.36. The number of anilines is 2. The fourth-order valence-corrected chi connectivity index (χ4v) is 2.72. The first-order valence-electron chi connectivity index (χ1n) is 6.59. The number of likely N-dealkylation sites (tertiary alicyclic amines) is 1. The largest absolute Gasteiger partial charge is 0.396 e. The number of nitrogens with one attached hydrogen (secondary N) is 1. The molecule has 0 atom stereocenters. The first-order chi connectivity index (χ1) is 9.18. The van der Waals surface area contributed by atoms with Gasteiger partial charge in [0.15, 0.2) is 0 Å². The Morgan fingerprint density at radius 3 is 2.79 bits per heavy atom. The van der Waals surface area contributed by atoms with Gasteiger partial charge in [0.1, 0.15) is 0 Å². The first-order valence-corrected chi connectivity index (χ1v) is 7.38. The standard InChI is InChI=1S/C13H19BrN4O/c14-10-8-16-9-11(15)13(10)17-5-4-12(19)18-6-2-1-3-7-18/h8-9H,1-7,15H2,(H,16,17). The van der Waals surface area contributed by atoms with Crippen molar-refractivity contribution >= 4 is 33.2 Å². The van der Waals surface area contributed by atoms with Gasteiger partial charge in [0.05, 0.1) is 22.0 Å². The van der Waals surface area contributed by atoms with E-state index in [4.69, 9.17) is 5.73 Å². The number of hydrogen-bond donors (Lipinski definition) is 2. The van der Waals surface area contributed by atoms with Crippen LogP contribution < -0.4 is 11.1 Å². The minimum atomic E-state index is 0.218. The Kier molecular flexibility index (Phi) is 5.01. The molecule has 1 aromatic rings. The molecule has 0 aliphatic carbocycles. The summed E-state index contributed by atoms with van der Waals surface area (Å²) in [5.41, 5.74) is 7.22. The van der Waals surface area contributed by atoms with Gasteiger partial charge in [-0.3, -0.25) is 9.78 Å². The summed E-state index contributed by atoms with van der Waals surface area (Å²) >= 11 is 3.39. The number of amides is 1. The van der Waals surface area contributed by atoms with Crippen molar-refractivity contribution in [2.24, 2.45) is 0 Å². The van der Waals surface area contributed by atoms with E-state index in [9.17, 15) is 4.79 Å². The second-order valence-corrected chi connectivity index (χ2v) is 5.56. The highest BCUT2D eigenvalue weighted by molar-refractivity contribution is 9.10. The molecule has 6 heteroatoms. The number of hydrogen-bond acceptors (Lipinski definition) is 4. The average molecular weight is 327 g/mol. The lowest BCUT2D eigenvalue weighted by atomic mass is 10.1. The third-order valence-electron chi connectivity index (χ3n) is 3.28. The van der Waals surface area contributed by atoms with Crippen LogP contribution in [0.25, 0.3) is 0 Å². The molecule has 0 aromatic carbocycles. The molecule has 2 rings (SSSR count). The highest BCUT2D eigenvalue weighted by Crippen LogP contribution is 2.26. The lowest BCUT2D eigenvalue weighted by molar-refractivity contribution is -0.131. The molecule has 0 radical (unpaired) electrons. The molecule has 0 spiro atoms. The Morgan fingerprint density at radius 1 is 1.37 bits per heavy atom. The van der Waals surface area contributed by atoms with Crippen molar-refractivity contribution in [3.63, 3.8) is 0 Å². The molecular weight excluding hydrogens is 308 g/mol. The monoisotopic (exact) mass is 326 g/mol. The van der Waals surface area contributed by atoms with Gasteiger partial charge in [0, 0.05) is 32.3 Å². The summed E-state index contributed by atoms with van der Waals surface area (Å²) in [6.07, 6.45) is 7.27. The van der Waals surface area contributed by atoms with Crippen LogP contribution in [0.2, 0.25) is 0 Å². The van der Waals surface area contributed by atoms with E-state index in [0.717, 1.165) is 36.1 Å². The maximum Gasteiger partial charge on any atom is 0.224 e. The summed E-state index contributed by atoms with van der Waals surface area (Å²) in [5, 5.41) is 3.19. The van der Waals surface area contributed by atoms with Crippen molar-refractivity contribution in [2.45, 2.75) is 25.7 Å². The van der Waals surface area contributed by atoms with Gasteiger partial charge >= 0.3 is 0 Å². The number of aromatic nitrogens is 1. The number of carbonyl (C=O) groups excluding carboxylic acids is 1. The molecule has 0 bridgehead atoms. The molecule has 1 saturated heterocycles. The van der Waals surface area contributed by atoms with Crippen molar-refractivity contribution in [2.75, 3.05) is 30.7 Å². The summed E-state index contributed by atoms with van der Waals surface area (Å²) in [4.78, 5) is 17.9. The van der Waals surface area contributed by atoms with E-state index in [-0.39, 0.29) is 5.91 Å². The zero-order valence-corrected chi connectivity index (χ0v) is 12.4. The van der Waals surface area contributed by atoms with Gasteiger partial charge in [-0.15, -0.1) is 0 Å². The minimum Gasteiger partial charge on any atom is -0.396 e. The van der Waals surface area contributed by atoms with Gasteiger partial charge in [0.2, 0.25) is 5.91 Å². The fourth-order valence-electron chi connectivity index (χ4n) is 2.23. The number of piperidine rings is 1. The molecule has 1 amide bonds. The summed E-state index contributed by atoms with van der Waals surface area (Å²) in [6, 6.07) is 0. The van der Waals surface area contributed by atoms with E-state index in [0.29, 0.717) is 18.7 Å². The van der Waals surface area contributed by atoms with E-state index in [1.165, 1.54) is 6.42 Å². The number of halogens is 1. The molecule has 2 heterocycles. The first kappa shape index (κ1) is 14.1. The Bertz CT molecular complexity index is 426. The second-order valence-electron chi connectivity index (χ2n) is 4.70. The van der Waals surface area contributed by atoms with Crippen molar-refractivity contribution in [3.8, 4) is 0 Å². The van der Waals surface area contributed by atoms with Gasteiger partial charge in [-0.25, -0.2) is 0 Å². The maximum absolute atomic E-state index is 12.0. The van der Waals surface area contributed by atoms with Gasteiger partial charge < -0.3 is 16.0 Å². The Hall–Kier alpha value is -1.30. The zero-order chi connectivity index (χ0) is 13.7. The highest BCUT2D eigenvalue weighted by Gasteiger charge is 2.16. The van der Waals surface area contributed by atoms with E-state index in [1.54, 1.807) is 12.4 Å². The fraction of sp³-hybridized carbons (Fsp3) is 0.538. The Labute approximate surface area is 121 Å². The minimum absolute atomic E-state index is 0.218. The second kappa shape index (κ2) is 6.75. The van der Waals surface area contributed by atoms with Gasteiger partial charge in [0.25, 0.3) is 0 Å². The van der Waals surface area contributed by atoms with Crippen LogP contribution in [0.4, 0.5) is 11.4 Å². The van der Waals surface area contributed by atoms with E-state index >= 15 is 0 Å². The predicted octanol–water partition coefficient (Wildman–Crippen LogP) is 2.24. The maximum atomic E-state index is 12.0. The number of nitrogen functional groups attached to an aromatic ring is 1. The van der Waals surface area contributed by atoms with Crippen LogP contribution in [0, 0.1) is 0 Å². The third kappa shape index (κ3) is 3.83. The third-order valence-corrected chi connectivity index (χ3v) is 3.88. The van der Waals surface area contributed by atoms with Crippen molar-refractivity contribution in [1.82, 2.24) is 9.88 Å². The molecular formula is C13H19BrN4O. The van der Waals surface area contributed by atoms with E-state index < -0.39 is 0 Å². The van der Waals surface area contributed by atoms with Crippen molar-refractivity contribution in [3.05, 3.63) is 16.9 Å². The number of rotatable bonds is 4. The molecule has 1 aromatic heterocycles. The zero-order valence-electron chi connectivity index (χ0n) is 10.9. The normalized spacial score (nSPS) is 15.3. The Balaban J connectivity index is 1.81. The quantitative estimate of drug-likeness (QED) is 0.890. The molecule has 3 N–H and O–H groups in total. The van der Waals surface area contributed by atoms with E-state index in [2.05, 4.69) is 26.2 Å². The van der Waals surface area contributed by atoms with E-state index in [1.807, 2.05) is 4.90 Å². The number of nitrogens with zero attached hydrogens (tertiary/aromatic N) is 2. The number of nitrogens with two attached hydrogens (primary N) is 1. The van der Waals surface area contributed by atoms with Crippen LogP contribution in [0.3, 0.4) is 0 Å². The molecule has 5 nitrogen and oxygen atoms in total. The SMILES string of the molecule is Nc1cncc(Br)c1NCCC(=O)N1CCCCC1. The summed E-state index contributed by atoms with van der Waals surface area (Å²) in [6.45, 7) is 2.39. The van der Waals surface area contributed by atoms with Crippen LogP contribution >= 0.6 is 15.9 Å². The molecule has 104 valence electrons. The molecule has 1 aliphatic rings. The van der Waals surface area contributed by atoms with Gasteiger partial charge in [-0.1, -0.05) is 0 Å². The van der Waals surface area contributed by atoms with Crippen molar-refractivity contribution < 1.29 is 4.79 Å². The van der Waals surface area contributed by atoms with Crippen LogP contribution in [0.15, 0.2) is 16.9 Å². The Morgan fingerprint density at radius 2 is 2.11 bits per heavy atom. The summed E-state index contributed by atoms with van der Waals surface area (Å²) < 4.78 is 0.818. The van der Waals surface area contributed by atoms with Crippen LogP contribution in [0.5, 0.6) is 0 Å². The lowest BCUT2D eigenvalue weighted by Gasteiger charge is -2.26. The molecule has 0 saturated carbocycles. The predicted molar refractivity (Wildman–Crippen MR) is 79.9 cm³/mol. The molecule has 19 heavy (non-hydrogen) atoms. The molecule has 1 aliphatic heterocycles. The number of pyridine rings is 1. The molecule has 1 fully saturated rings. The van der Waals surface area contributed by atoms with Gasteiger partial charge in [-0.05, 0) is 35.2 Å². The van der Waals surface area contributed by atoms with Crippen molar-refractivity contribution in [1.29, 1.82) is 0 Å². The molecule has 0 unspecified atom stereocenters. The smallest absolute Gasteiger partial charge is 0.224 e. The van der Waals surface area contributed by atoms with Crippen LogP contribution in [-0.2, 0) is 4.79 Å². The average Bonchev–Trinajstić information content (AvgIpc) is 2.43. The summed E-state index contributed by atoms with van der Waals surface area (Å²) in [5.74, 6) is 0.218. The highest BCUT2D eigenvalue weighted by atomic mass is 79.9. The number of carbonyl (C=O) groups is 1.